The van der Waals surface area contributed by atoms with Gasteiger partial charge in [-0.25, -0.2) is 26.3 Å². The molecule has 2 aromatic carbocycles. The van der Waals surface area contributed by atoms with E-state index in [-0.39, 0.29) is 6.61 Å². The van der Waals surface area contributed by atoms with Crippen LogP contribution in [0, 0.1) is 70.0 Å². The number of ether oxygens (including phenoxy) is 3. The molecule has 1 spiro atoms. The smallest absolute Gasteiger partial charge is 0.315 e. The lowest BCUT2D eigenvalue weighted by molar-refractivity contribution is -0.149. The van der Waals surface area contributed by atoms with Crippen molar-refractivity contribution in [3.63, 3.8) is 0 Å². The molecule has 2 atom stereocenters. The van der Waals surface area contributed by atoms with Crippen LogP contribution in [0.3, 0.4) is 0 Å². The van der Waals surface area contributed by atoms with Crippen molar-refractivity contribution in [2.45, 2.75) is 18.4 Å². The van der Waals surface area contributed by atoms with Gasteiger partial charge in [0.15, 0.2) is 0 Å². The first-order chi connectivity index (χ1) is 16.3. The summed E-state index contributed by atoms with van der Waals surface area (Å²) < 4.78 is 149. The Labute approximate surface area is 187 Å². The minimum atomic E-state index is -2.53. The van der Waals surface area contributed by atoms with Gasteiger partial charge in [0.1, 0.15) is 0 Å². The number of carbonyl (C=O) groups excluding carboxylic acids is 2. The molecule has 1 heterocycles. The third-order valence-electron chi connectivity index (χ3n) is 5.57. The molecule has 15 heteroatoms. The van der Waals surface area contributed by atoms with E-state index in [9.17, 15) is 53.5 Å². The van der Waals surface area contributed by atoms with Gasteiger partial charge in [0, 0.05) is 0 Å². The summed E-state index contributed by atoms with van der Waals surface area (Å²) in [5.74, 6) is -35.7. The summed E-state index contributed by atoms with van der Waals surface area (Å²) >= 11 is 0. The van der Waals surface area contributed by atoms with Gasteiger partial charge in [-0.2, -0.15) is 17.6 Å². The SMILES string of the molecule is O=C(Oc1c(F)c(F)c(F)c(F)c1F)[C@H]1CC2(CO2)C[C@@H]1C(=O)Oc1c(F)c(F)c(F)c(F)c1F. The molecule has 188 valence electrons. The van der Waals surface area contributed by atoms with Crippen LogP contribution in [0.5, 0.6) is 11.5 Å². The molecule has 4 rings (SSSR count). The molecule has 0 aromatic heterocycles. The molecule has 1 saturated heterocycles. The lowest BCUT2D eigenvalue weighted by Crippen LogP contribution is -2.32. The zero-order chi connectivity index (χ0) is 26.0. The fraction of sp³-hybridized carbons (Fsp3) is 0.300. The number of esters is 2. The monoisotopic (exact) mass is 518 g/mol. The molecular weight excluding hydrogens is 510 g/mol. The quantitative estimate of drug-likeness (QED) is 0.150. The number of halogens is 10. The second-order valence-electron chi connectivity index (χ2n) is 7.73. The van der Waals surface area contributed by atoms with Gasteiger partial charge in [-0.1, -0.05) is 0 Å². The summed E-state index contributed by atoms with van der Waals surface area (Å²) in [6, 6.07) is 0. The van der Waals surface area contributed by atoms with Crippen molar-refractivity contribution in [3.05, 3.63) is 58.2 Å². The minimum Gasteiger partial charge on any atom is -0.420 e. The molecule has 0 amide bonds. The Hall–Kier alpha value is -3.36. The Kier molecular flexibility index (Phi) is 5.93. The van der Waals surface area contributed by atoms with E-state index in [4.69, 9.17) is 4.74 Å². The molecule has 5 nitrogen and oxygen atoms in total. The van der Waals surface area contributed by atoms with Crippen molar-refractivity contribution in [2.75, 3.05) is 6.61 Å². The average molecular weight is 518 g/mol. The van der Waals surface area contributed by atoms with Crippen LogP contribution in [0.25, 0.3) is 0 Å². The Morgan fingerprint density at radius 2 is 0.829 bits per heavy atom. The zero-order valence-electron chi connectivity index (χ0n) is 16.6. The second-order valence-corrected chi connectivity index (χ2v) is 7.73. The number of epoxide rings is 1. The van der Waals surface area contributed by atoms with Gasteiger partial charge in [0.25, 0.3) is 0 Å². The van der Waals surface area contributed by atoms with Crippen LogP contribution in [0.2, 0.25) is 0 Å². The molecule has 0 bridgehead atoms. The highest BCUT2D eigenvalue weighted by Gasteiger charge is 2.60. The van der Waals surface area contributed by atoms with Crippen LogP contribution >= 0.6 is 0 Å². The fourth-order valence-corrected chi connectivity index (χ4v) is 3.70. The van der Waals surface area contributed by atoms with E-state index >= 15 is 0 Å². The highest BCUT2D eigenvalue weighted by atomic mass is 19.2. The van der Waals surface area contributed by atoms with Gasteiger partial charge >= 0.3 is 11.9 Å². The molecule has 1 saturated carbocycles. The van der Waals surface area contributed by atoms with Gasteiger partial charge in [-0.15, -0.1) is 0 Å². The average Bonchev–Trinajstić information content (AvgIpc) is 3.48. The summed E-state index contributed by atoms with van der Waals surface area (Å²) in [5, 5.41) is 0. The van der Waals surface area contributed by atoms with Crippen molar-refractivity contribution in [1.82, 2.24) is 0 Å². The van der Waals surface area contributed by atoms with Crippen LogP contribution in [0.4, 0.5) is 43.9 Å². The lowest BCUT2D eigenvalue weighted by Gasteiger charge is -2.18. The summed E-state index contributed by atoms with van der Waals surface area (Å²) in [7, 11) is 0. The van der Waals surface area contributed by atoms with Crippen molar-refractivity contribution in [3.8, 4) is 11.5 Å². The molecule has 2 aliphatic rings. The minimum absolute atomic E-state index is 0.0639. The Morgan fingerprint density at radius 1 is 0.571 bits per heavy atom. The largest absolute Gasteiger partial charge is 0.420 e. The topological polar surface area (TPSA) is 65.1 Å². The lowest BCUT2D eigenvalue weighted by atomic mass is 9.96. The first-order valence-electron chi connectivity index (χ1n) is 9.40. The van der Waals surface area contributed by atoms with Crippen molar-refractivity contribution >= 4 is 11.9 Å². The maximum atomic E-state index is 13.9. The molecule has 0 N–H and O–H groups in total. The van der Waals surface area contributed by atoms with Gasteiger partial charge < -0.3 is 14.2 Å². The maximum absolute atomic E-state index is 13.9. The van der Waals surface area contributed by atoms with Gasteiger partial charge in [-0.05, 0) is 12.8 Å². The molecule has 1 aliphatic heterocycles. The van der Waals surface area contributed by atoms with Crippen LogP contribution in [0.1, 0.15) is 12.8 Å². The fourth-order valence-electron chi connectivity index (χ4n) is 3.70. The maximum Gasteiger partial charge on any atom is 0.315 e. The predicted octanol–water partition coefficient (Wildman–Crippen LogP) is 4.38. The van der Waals surface area contributed by atoms with Gasteiger partial charge in [0.2, 0.25) is 69.7 Å². The van der Waals surface area contributed by atoms with E-state index in [1.165, 1.54) is 0 Å². The highest BCUT2D eigenvalue weighted by Crippen LogP contribution is 2.50. The number of benzene rings is 2. The van der Waals surface area contributed by atoms with E-state index in [0.29, 0.717) is 0 Å². The van der Waals surface area contributed by atoms with Crippen LogP contribution < -0.4 is 9.47 Å². The number of carbonyl (C=O) groups is 2. The Bertz CT molecular complexity index is 1120. The second kappa shape index (κ2) is 8.39. The first-order valence-corrected chi connectivity index (χ1v) is 9.40. The molecule has 2 fully saturated rings. The molecule has 2 aromatic rings. The summed E-state index contributed by atoms with van der Waals surface area (Å²) in [6.07, 6.45) is -0.837. The normalized spacial score (nSPS) is 20.3. The predicted molar refractivity (Wildman–Crippen MR) is 88.6 cm³/mol. The van der Waals surface area contributed by atoms with E-state index in [1.54, 1.807) is 0 Å². The highest BCUT2D eigenvalue weighted by molar-refractivity contribution is 5.85. The Morgan fingerprint density at radius 3 is 1.09 bits per heavy atom. The Balaban J connectivity index is 1.63. The molecular formula is C20H8F10O5. The van der Waals surface area contributed by atoms with Crippen molar-refractivity contribution < 1.29 is 67.7 Å². The van der Waals surface area contributed by atoms with Gasteiger partial charge in [-0.3, -0.25) is 9.59 Å². The van der Waals surface area contributed by atoms with Crippen LogP contribution in [-0.4, -0.2) is 24.1 Å². The third-order valence-corrected chi connectivity index (χ3v) is 5.57. The van der Waals surface area contributed by atoms with Crippen molar-refractivity contribution in [1.29, 1.82) is 0 Å². The van der Waals surface area contributed by atoms with E-state index in [2.05, 4.69) is 9.47 Å². The van der Waals surface area contributed by atoms with Crippen LogP contribution in [0.15, 0.2) is 0 Å². The summed E-state index contributed by atoms with van der Waals surface area (Å²) in [5.41, 5.74) is -1.19. The zero-order valence-corrected chi connectivity index (χ0v) is 16.6. The van der Waals surface area contributed by atoms with Crippen molar-refractivity contribution in [2.24, 2.45) is 11.8 Å². The first kappa shape index (κ1) is 24.8. The van der Waals surface area contributed by atoms with E-state index < -0.39 is 112 Å². The molecule has 35 heavy (non-hydrogen) atoms. The summed E-state index contributed by atoms with van der Waals surface area (Å²) in [4.78, 5) is 25.0. The van der Waals surface area contributed by atoms with Crippen LogP contribution in [-0.2, 0) is 14.3 Å². The van der Waals surface area contributed by atoms with E-state index in [0.717, 1.165) is 0 Å². The van der Waals surface area contributed by atoms with Gasteiger partial charge in [0.05, 0.1) is 24.0 Å². The number of hydrogen-bond acceptors (Lipinski definition) is 5. The number of rotatable bonds is 4. The van der Waals surface area contributed by atoms with E-state index in [1.807, 2.05) is 0 Å². The summed E-state index contributed by atoms with van der Waals surface area (Å²) in [6.45, 7) is -0.0639. The molecule has 0 unspecified atom stereocenters. The third kappa shape index (κ3) is 3.96. The molecule has 1 aliphatic carbocycles. The number of hydrogen-bond donors (Lipinski definition) is 0. The standard InChI is InChI=1S/C20H8F10O5/c21-6-8(23)12(27)16(13(28)9(6)24)34-18(31)4-1-20(3-33-20)2-5(4)19(32)35-17-14(29)10(25)7(22)11(26)15(17)30/h4-5H,1-3H2/t4-,5-/m0/s1. The molecule has 0 radical (unpaired) electrons.